The number of rotatable bonds is 2. The molecule has 1 amide bonds. The van der Waals surface area contributed by atoms with Gasteiger partial charge >= 0.3 is 0 Å². The number of carbonyl (C=O) groups is 1. The number of hydrogen-bond acceptors (Lipinski definition) is 5. The minimum atomic E-state index is -0.627. The molecule has 1 aromatic rings. The largest absolute Gasteiger partial charge is 0.508 e. The van der Waals surface area contributed by atoms with E-state index in [-0.39, 0.29) is 36.2 Å². The summed E-state index contributed by atoms with van der Waals surface area (Å²) in [4.78, 5) is 23.1. The molecule has 0 saturated carbocycles. The molecule has 0 spiro atoms. The van der Waals surface area contributed by atoms with Crippen molar-refractivity contribution in [3.8, 4) is 5.75 Å². The van der Waals surface area contributed by atoms with Crippen molar-refractivity contribution >= 4 is 17.3 Å². The van der Waals surface area contributed by atoms with Crippen molar-refractivity contribution in [2.45, 2.75) is 0 Å². The molecule has 0 aromatic heterocycles. The Balaban J connectivity index is 2.43. The summed E-state index contributed by atoms with van der Waals surface area (Å²) in [5.41, 5.74) is -0.110. The van der Waals surface area contributed by atoms with Gasteiger partial charge in [-0.15, -0.1) is 0 Å². The number of nitro groups is 1. The molecule has 0 aliphatic carbocycles. The standard InChI is InChI=1S/C10H10N2O5/c13-7-1-2-8(9(5-7)12(15)16)11-3-4-17-6-10(11)14/h1-2,5,13H,3-4,6H2. The lowest BCUT2D eigenvalue weighted by atomic mass is 10.2. The van der Waals surface area contributed by atoms with E-state index < -0.39 is 4.92 Å². The van der Waals surface area contributed by atoms with Gasteiger partial charge in [0.2, 0.25) is 0 Å². The molecule has 1 aliphatic rings. The maximum absolute atomic E-state index is 11.6. The number of aromatic hydroxyl groups is 1. The fourth-order valence-corrected chi connectivity index (χ4v) is 1.66. The SMILES string of the molecule is O=C1COCCN1c1ccc(O)cc1[N+](=O)[O-]. The number of ether oxygens (including phenoxy) is 1. The number of hydrogen-bond donors (Lipinski definition) is 1. The molecule has 90 valence electrons. The molecule has 1 saturated heterocycles. The highest BCUT2D eigenvalue weighted by Gasteiger charge is 2.27. The van der Waals surface area contributed by atoms with Crippen LogP contribution in [0.2, 0.25) is 0 Å². The van der Waals surface area contributed by atoms with Crippen molar-refractivity contribution in [3.63, 3.8) is 0 Å². The Morgan fingerprint density at radius 1 is 1.47 bits per heavy atom. The topological polar surface area (TPSA) is 92.9 Å². The number of morpholine rings is 1. The number of nitro benzene ring substituents is 1. The maximum atomic E-state index is 11.6. The van der Waals surface area contributed by atoms with E-state index in [0.29, 0.717) is 6.61 Å². The van der Waals surface area contributed by atoms with Gasteiger partial charge in [-0.25, -0.2) is 0 Å². The lowest BCUT2D eigenvalue weighted by Gasteiger charge is -2.26. The lowest BCUT2D eigenvalue weighted by Crippen LogP contribution is -2.41. The number of nitrogens with zero attached hydrogens (tertiary/aromatic N) is 2. The van der Waals surface area contributed by atoms with Crippen LogP contribution in [0.3, 0.4) is 0 Å². The number of amides is 1. The van der Waals surface area contributed by atoms with Crippen LogP contribution in [0.15, 0.2) is 18.2 Å². The van der Waals surface area contributed by atoms with Gasteiger partial charge in [-0.3, -0.25) is 14.9 Å². The lowest BCUT2D eigenvalue weighted by molar-refractivity contribution is -0.384. The Labute approximate surface area is 96.4 Å². The molecule has 0 atom stereocenters. The third-order valence-electron chi connectivity index (χ3n) is 2.43. The van der Waals surface area contributed by atoms with Gasteiger partial charge in [0.05, 0.1) is 17.6 Å². The summed E-state index contributed by atoms with van der Waals surface area (Å²) in [5.74, 6) is -0.536. The van der Waals surface area contributed by atoms with Crippen LogP contribution in [0.4, 0.5) is 11.4 Å². The molecule has 2 rings (SSSR count). The third kappa shape index (κ3) is 2.18. The summed E-state index contributed by atoms with van der Waals surface area (Å²) >= 11 is 0. The molecule has 1 aliphatic heterocycles. The number of phenols is 1. The monoisotopic (exact) mass is 238 g/mol. The molecule has 1 N–H and O–H groups in total. The van der Waals surface area contributed by atoms with Crippen LogP contribution < -0.4 is 4.90 Å². The molecule has 7 nitrogen and oxygen atoms in total. The molecule has 1 fully saturated rings. The van der Waals surface area contributed by atoms with Crippen molar-refractivity contribution in [1.29, 1.82) is 0 Å². The first-order chi connectivity index (χ1) is 8.09. The van der Waals surface area contributed by atoms with Crippen molar-refractivity contribution in [1.82, 2.24) is 0 Å². The average Bonchev–Trinajstić information content (AvgIpc) is 2.30. The summed E-state index contributed by atoms with van der Waals surface area (Å²) in [6.45, 7) is 0.520. The van der Waals surface area contributed by atoms with Crippen LogP contribution in [0.5, 0.6) is 5.75 Å². The highest BCUT2D eigenvalue weighted by molar-refractivity contribution is 5.97. The van der Waals surface area contributed by atoms with Gasteiger partial charge in [0.15, 0.2) is 0 Å². The summed E-state index contributed by atoms with van der Waals surface area (Å²) in [7, 11) is 0. The van der Waals surface area contributed by atoms with Crippen LogP contribution in [0, 0.1) is 10.1 Å². The van der Waals surface area contributed by atoms with E-state index in [1.54, 1.807) is 0 Å². The molecular formula is C10H10N2O5. The molecule has 0 unspecified atom stereocenters. The predicted octanol–water partition coefficient (Wildman–Crippen LogP) is 0.664. The van der Waals surface area contributed by atoms with Crippen LogP contribution >= 0.6 is 0 Å². The quantitative estimate of drug-likeness (QED) is 0.603. The first-order valence-electron chi connectivity index (χ1n) is 4.95. The van der Waals surface area contributed by atoms with E-state index >= 15 is 0 Å². The number of anilines is 1. The highest BCUT2D eigenvalue weighted by Crippen LogP contribution is 2.32. The second-order valence-corrected chi connectivity index (χ2v) is 3.53. The molecule has 17 heavy (non-hydrogen) atoms. The van der Waals surface area contributed by atoms with Crippen molar-refractivity contribution in [2.24, 2.45) is 0 Å². The third-order valence-corrected chi connectivity index (χ3v) is 2.43. The molecule has 0 bridgehead atoms. The van der Waals surface area contributed by atoms with Gasteiger partial charge in [0, 0.05) is 6.54 Å². The zero-order valence-electron chi connectivity index (χ0n) is 8.83. The van der Waals surface area contributed by atoms with E-state index in [1.807, 2.05) is 0 Å². The van der Waals surface area contributed by atoms with Gasteiger partial charge in [-0.1, -0.05) is 0 Å². The molecule has 1 aromatic carbocycles. The average molecular weight is 238 g/mol. The van der Waals surface area contributed by atoms with E-state index in [2.05, 4.69) is 0 Å². The van der Waals surface area contributed by atoms with Gasteiger partial charge in [0.1, 0.15) is 18.0 Å². The summed E-state index contributed by atoms with van der Waals surface area (Å²) < 4.78 is 4.95. The van der Waals surface area contributed by atoms with Crippen molar-refractivity contribution in [3.05, 3.63) is 28.3 Å². The Bertz CT molecular complexity index is 474. The van der Waals surface area contributed by atoms with Crippen molar-refractivity contribution < 1.29 is 19.6 Å². The summed E-state index contributed by atoms with van der Waals surface area (Å²) in [6, 6.07) is 3.69. The van der Waals surface area contributed by atoms with E-state index in [0.717, 1.165) is 6.07 Å². The molecule has 1 heterocycles. The first-order valence-corrected chi connectivity index (χ1v) is 4.95. The second-order valence-electron chi connectivity index (χ2n) is 3.53. The van der Waals surface area contributed by atoms with Gasteiger partial charge in [-0.2, -0.15) is 0 Å². The van der Waals surface area contributed by atoms with Crippen LogP contribution in [0.1, 0.15) is 0 Å². The zero-order chi connectivity index (χ0) is 12.4. The smallest absolute Gasteiger partial charge is 0.296 e. The van der Waals surface area contributed by atoms with E-state index in [1.165, 1.54) is 17.0 Å². The maximum Gasteiger partial charge on any atom is 0.296 e. The normalized spacial score (nSPS) is 16.0. The predicted molar refractivity (Wildman–Crippen MR) is 57.9 cm³/mol. The van der Waals surface area contributed by atoms with E-state index in [4.69, 9.17) is 4.74 Å². The minimum absolute atomic E-state index is 0.0853. The Hall–Kier alpha value is -2.15. The van der Waals surface area contributed by atoms with Crippen LogP contribution in [0.25, 0.3) is 0 Å². The van der Waals surface area contributed by atoms with Crippen LogP contribution in [-0.2, 0) is 9.53 Å². The van der Waals surface area contributed by atoms with E-state index in [9.17, 15) is 20.0 Å². The fourth-order valence-electron chi connectivity index (χ4n) is 1.66. The molecule has 7 heteroatoms. The highest BCUT2D eigenvalue weighted by atomic mass is 16.6. The Kier molecular flexibility index (Phi) is 2.92. The summed E-state index contributed by atoms with van der Waals surface area (Å²) in [5, 5.41) is 20.1. The number of phenolic OH excluding ortho intramolecular Hbond substituents is 1. The zero-order valence-corrected chi connectivity index (χ0v) is 8.83. The molecule has 0 radical (unpaired) electrons. The number of benzene rings is 1. The number of carbonyl (C=O) groups excluding carboxylic acids is 1. The van der Waals surface area contributed by atoms with Gasteiger partial charge in [-0.05, 0) is 12.1 Å². The van der Waals surface area contributed by atoms with Crippen LogP contribution in [-0.4, -0.2) is 35.7 Å². The van der Waals surface area contributed by atoms with Gasteiger partial charge < -0.3 is 14.7 Å². The fraction of sp³-hybridized carbons (Fsp3) is 0.300. The first kappa shape index (κ1) is 11.3. The second kappa shape index (κ2) is 4.38. The Morgan fingerprint density at radius 2 is 2.24 bits per heavy atom. The van der Waals surface area contributed by atoms with Crippen molar-refractivity contribution in [2.75, 3.05) is 24.7 Å². The Morgan fingerprint density at radius 3 is 2.88 bits per heavy atom. The minimum Gasteiger partial charge on any atom is -0.508 e. The summed E-state index contributed by atoms with van der Waals surface area (Å²) in [6.07, 6.45) is 0. The van der Waals surface area contributed by atoms with Gasteiger partial charge in [0.25, 0.3) is 11.6 Å². The molecular weight excluding hydrogens is 228 g/mol.